The molecule has 0 aliphatic rings. The third-order valence-electron chi connectivity index (χ3n) is 2.88. The first-order valence-electron chi connectivity index (χ1n) is 6.79. The topological polar surface area (TPSA) is 73.0 Å². The zero-order valence-electron chi connectivity index (χ0n) is 14.5. The van der Waals surface area contributed by atoms with Crippen LogP contribution in [0.4, 0.5) is 8.78 Å². The van der Waals surface area contributed by atoms with E-state index in [1.54, 1.807) is 0 Å². The van der Waals surface area contributed by atoms with Gasteiger partial charge in [0.05, 0.1) is 6.20 Å². The minimum absolute atomic E-state index is 0. The van der Waals surface area contributed by atoms with E-state index in [-0.39, 0.29) is 78.3 Å². The van der Waals surface area contributed by atoms with E-state index in [0.717, 1.165) is 18.3 Å². The first-order valence-corrected chi connectivity index (χ1v) is 8.71. The number of hydrogen-bond donors (Lipinski definition) is 1. The molecule has 134 valence electrons. The summed E-state index contributed by atoms with van der Waals surface area (Å²) in [5.41, 5.74) is 0.776. The van der Waals surface area contributed by atoms with Gasteiger partial charge in [-0.3, -0.25) is 9.37 Å². The summed E-state index contributed by atoms with van der Waals surface area (Å²) in [6.07, 6.45) is 6.20. The van der Waals surface area contributed by atoms with Crippen LogP contribution in [0.2, 0.25) is 0 Å². The maximum atomic E-state index is 13.4. The van der Waals surface area contributed by atoms with E-state index in [4.69, 9.17) is 16.7 Å². The number of rotatable bonds is 3. The second-order valence-electron chi connectivity index (χ2n) is 4.79. The minimum atomic E-state index is -3.87. The van der Waals surface area contributed by atoms with Crippen LogP contribution in [0.1, 0.15) is 23.7 Å². The van der Waals surface area contributed by atoms with Crippen LogP contribution in [0, 0.1) is 30.7 Å². The molecule has 1 aromatic heterocycles. The molecule has 0 unspecified atom stereocenters. The summed E-state index contributed by atoms with van der Waals surface area (Å²) in [6.45, 7) is 6.32. The van der Waals surface area contributed by atoms with E-state index in [0.29, 0.717) is 5.69 Å². The van der Waals surface area contributed by atoms with Crippen LogP contribution in [0.15, 0.2) is 47.0 Å². The van der Waals surface area contributed by atoms with Crippen LogP contribution in [-0.2, 0) is 10.0 Å². The van der Waals surface area contributed by atoms with E-state index in [9.17, 15) is 17.2 Å². The van der Waals surface area contributed by atoms with E-state index >= 15 is 0 Å². The van der Waals surface area contributed by atoms with Crippen molar-refractivity contribution < 1.29 is 68.6 Å². The second kappa shape index (κ2) is 11.4. The van der Waals surface area contributed by atoms with Crippen molar-refractivity contribution in [2.75, 3.05) is 0 Å². The quantitative estimate of drug-likeness (QED) is 0.581. The summed E-state index contributed by atoms with van der Waals surface area (Å²) in [6, 6.07) is 4.98. The Balaban J connectivity index is 0.000000532. The average molecular weight is 424 g/mol. The maximum absolute atomic E-state index is 13.4. The number of nitrogens with two attached hydrogens (primary N) is 1. The summed E-state index contributed by atoms with van der Waals surface area (Å²) in [5.74, 6) is -0.932. The van der Waals surface area contributed by atoms with Gasteiger partial charge < -0.3 is 0 Å². The molecule has 2 N–H and O–H groups in total. The first-order chi connectivity index (χ1) is 11.6. The molecule has 0 radical (unpaired) electrons. The molecule has 26 heavy (non-hydrogen) atoms. The Morgan fingerprint density at radius 1 is 1.27 bits per heavy atom. The van der Waals surface area contributed by atoms with Crippen LogP contribution in [0.3, 0.4) is 0 Å². The molecule has 0 atom stereocenters. The van der Waals surface area contributed by atoms with E-state index in [1.165, 1.54) is 26.0 Å². The van der Waals surface area contributed by atoms with Crippen molar-refractivity contribution in [3.05, 3.63) is 82.7 Å². The van der Waals surface area contributed by atoms with Gasteiger partial charge in [0.15, 0.2) is 0 Å². The Morgan fingerprint density at radius 3 is 2.31 bits per heavy atom. The van der Waals surface area contributed by atoms with Gasteiger partial charge in [-0.1, -0.05) is 19.1 Å². The van der Waals surface area contributed by atoms with Gasteiger partial charge in [0.25, 0.3) is 0 Å². The van der Waals surface area contributed by atoms with E-state index < -0.39 is 15.8 Å². The van der Waals surface area contributed by atoms with Crippen molar-refractivity contribution in [2.24, 2.45) is 5.14 Å². The zero-order valence-corrected chi connectivity index (χ0v) is 19.2. The van der Waals surface area contributed by atoms with Gasteiger partial charge in [0, 0.05) is 10.7 Å². The summed E-state index contributed by atoms with van der Waals surface area (Å²) in [7, 11) is -3.87. The summed E-state index contributed by atoms with van der Waals surface area (Å²) >= 11 is 5.58. The standard InChI is InChI=1S/C10H10ClFNO2S.C7H5FN.K/c1-6(11)5-8-7(2)10(16(13,14)15)4-3-9(8)12;1-2-7-4-3-6(8)5-9-7;/h3-4H,1-2H3,(H2,13,14,15);3-5H,1H2;/q2*-1;+1. The number of aromatic nitrogens is 1. The number of benzene rings is 1. The van der Waals surface area contributed by atoms with Gasteiger partial charge in [0.2, 0.25) is 10.0 Å². The number of hydrogen-bond acceptors (Lipinski definition) is 3. The second-order valence-corrected chi connectivity index (χ2v) is 6.88. The van der Waals surface area contributed by atoms with E-state index in [2.05, 4.69) is 23.7 Å². The molecule has 4 nitrogen and oxygen atoms in total. The molecule has 1 heterocycles. The molecule has 0 bridgehead atoms. The van der Waals surface area contributed by atoms with Crippen LogP contribution in [0.5, 0.6) is 0 Å². The van der Waals surface area contributed by atoms with Gasteiger partial charge in [-0.2, -0.15) is 24.3 Å². The monoisotopic (exact) mass is 423 g/mol. The number of primary sulfonamides is 1. The van der Waals surface area contributed by atoms with Crippen LogP contribution in [0.25, 0.3) is 0 Å². The normalized spacial score (nSPS) is 11.1. The van der Waals surface area contributed by atoms with E-state index in [1.807, 2.05) is 0 Å². The molecule has 0 saturated carbocycles. The number of pyridine rings is 1. The fourth-order valence-corrected chi connectivity index (χ4v) is 2.65. The van der Waals surface area contributed by atoms with Crippen molar-refractivity contribution in [3.8, 4) is 0 Å². The number of nitrogens with zero attached hydrogens (tertiary/aromatic N) is 1. The number of sulfonamides is 1. The van der Waals surface area contributed by atoms with Crippen molar-refractivity contribution in [1.82, 2.24) is 4.98 Å². The molecule has 9 heteroatoms. The Labute approximate surface area is 199 Å². The molecule has 0 aliphatic carbocycles. The fourth-order valence-electron chi connectivity index (χ4n) is 1.77. The molecular weight excluding hydrogens is 409 g/mol. The largest absolute Gasteiger partial charge is 1.00 e. The van der Waals surface area contributed by atoms with Crippen molar-refractivity contribution in [2.45, 2.75) is 18.7 Å². The molecule has 0 amide bonds. The molecule has 2 aromatic rings. The van der Waals surface area contributed by atoms with Gasteiger partial charge in [-0.05, 0) is 12.0 Å². The zero-order chi connectivity index (χ0) is 19.2. The Bertz CT molecular complexity index is 898. The van der Waals surface area contributed by atoms with Crippen LogP contribution < -0.4 is 56.5 Å². The third-order valence-corrected chi connectivity index (χ3v) is 4.03. The van der Waals surface area contributed by atoms with Crippen molar-refractivity contribution in [1.29, 1.82) is 0 Å². The minimum Gasteiger partial charge on any atom is -0.293 e. The number of allylic oxidation sites excluding steroid dienone is 1. The first kappa shape index (κ1) is 25.5. The molecule has 1 aromatic carbocycles. The Hall–Kier alpha value is -0.454. The van der Waals surface area contributed by atoms with Gasteiger partial charge in [-0.25, -0.2) is 24.0 Å². The molecule has 0 fully saturated rings. The predicted octanol–water partition coefficient (Wildman–Crippen LogP) is 0.637. The average Bonchev–Trinajstić information content (AvgIpc) is 2.51. The van der Waals surface area contributed by atoms with Gasteiger partial charge >= 0.3 is 51.4 Å². The molecule has 0 saturated heterocycles. The van der Waals surface area contributed by atoms with Crippen LogP contribution in [-0.4, -0.2) is 13.4 Å². The maximum Gasteiger partial charge on any atom is 1.00 e. The third kappa shape index (κ3) is 8.06. The molecule has 2 rings (SSSR count). The van der Waals surface area contributed by atoms with Crippen molar-refractivity contribution >= 4 is 21.6 Å². The van der Waals surface area contributed by atoms with Gasteiger partial charge in [0.1, 0.15) is 5.82 Å². The molecule has 0 spiro atoms. The fraction of sp³-hybridized carbons (Fsp3) is 0.118. The number of halogens is 3. The summed E-state index contributed by atoms with van der Waals surface area (Å²) < 4.78 is 47.9. The molecular formula is C17H15ClF2KN2O2S-. The van der Waals surface area contributed by atoms with Gasteiger partial charge in [-0.15, -0.1) is 28.9 Å². The Morgan fingerprint density at radius 2 is 1.88 bits per heavy atom. The molecule has 0 aliphatic heterocycles. The summed E-state index contributed by atoms with van der Waals surface area (Å²) in [5, 5.41) is 5.22. The summed E-state index contributed by atoms with van der Waals surface area (Å²) in [4.78, 5) is 3.52. The smallest absolute Gasteiger partial charge is 0.293 e. The predicted molar refractivity (Wildman–Crippen MR) is 92.1 cm³/mol. The SMILES string of the molecule is C=[C-]c1ccc(F)cn1.CC(Cl)=[C-]c1c(F)ccc(S(N)(=O)=O)c1C.[K+]. The van der Waals surface area contributed by atoms with Crippen LogP contribution >= 0.6 is 11.6 Å². The Kier molecular flexibility index (Phi) is 11.2. The van der Waals surface area contributed by atoms with Crippen molar-refractivity contribution in [3.63, 3.8) is 0 Å².